The van der Waals surface area contributed by atoms with Gasteiger partial charge in [0.05, 0.1) is 0 Å². The topological polar surface area (TPSA) is 50.9 Å². The number of fused-ring (bicyclic) bond motifs is 1. The van der Waals surface area contributed by atoms with Gasteiger partial charge in [0.2, 0.25) is 0 Å². The number of nitrogens with two attached hydrogens (primary N) is 1. The largest absolute Gasteiger partial charge is 0.365 e. The van der Waals surface area contributed by atoms with Gasteiger partial charge in [-0.2, -0.15) is 0 Å². The summed E-state index contributed by atoms with van der Waals surface area (Å²) in [6, 6.07) is 18.6. The van der Waals surface area contributed by atoms with E-state index in [-0.39, 0.29) is 0 Å². The lowest BCUT2D eigenvalue weighted by Crippen LogP contribution is -2.02. The molecule has 0 aliphatic carbocycles. The first-order valence-corrected chi connectivity index (χ1v) is 6.72. The fourth-order valence-corrected chi connectivity index (χ4v) is 2.24. The monoisotopic (exact) mass is 263 g/mol. The Morgan fingerprint density at radius 1 is 0.900 bits per heavy atom. The Bertz CT molecular complexity index is 700. The molecule has 3 rings (SSSR count). The van der Waals surface area contributed by atoms with Crippen LogP contribution in [-0.2, 0) is 13.1 Å². The summed E-state index contributed by atoms with van der Waals surface area (Å²) in [4.78, 5) is 4.42. The summed E-state index contributed by atoms with van der Waals surface area (Å²) in [5.74, 6) is 0.922. The van der Waals surface area contributed by atoms with Crippen LogP contribution in [0.25, 0.3) is 10.8 Å². The molecule has 3 nitrogen and oxygen atoms in total. The maximum absolute atomic E-state index is 5.60. The van der Waals surface area contributed by atoms with Crippen LogP contribution in [0, 0.1) is 0 Å². The highest BCUT2D eigenvalue weighted by Crippen LogP contribution is 2.20. The average Bonchev–Trinajstić information content (AvgIpc) is 2.53. The Balaban J connectivity index is 1.79. The number of hydrogen-bond donors (Lipinski definition) is 2. The molecule has 2 aromatic carbocycles. The maximum Gasteiger partial charge on any atom is 0.134 e. The van der Waals surface area contributed by atoms with Crippen LogP contribution >= 0.6 is 0 Å². The van der Waals surface area contributed by atoms with E-state index in [1.807, 2.05) is 24.4 Å². The number of nitrogens with zero attached hydrogens (tertiary/aromatic N) is 1. The molecule has 0 aliphatic heterocycles. The maximum atomic E-state index is 5.60. The Morgan fingerprint density at radius 2 is 1.65 bits per heavy atom. The molecule has 0 unspecified atom stereocenters. The van der Waals surface area contributed by atoms with Gasteiger partial charge in [-0.15, -0.1) is 0 Å². The van der Waals surface area contributed by atoms with Gasteiger partial charge in [0, 0.05) is 24.7 Å². The van der Waals surface area contributed by atoms with Crippen molar-refractivity contribution in [3.8, 4) is 0 Å². The minimum absolute atomic E-state index is 0.582. The molecular formula is C17H17N3. The molecule has 1 aromatic heterocycles. The van der Waals surface area contributed by atoms with Crippen molar-refractivity contribution in [1.82, 2.24) is 4.98 Å². The van der Waals surface area contributed by atoms with Crippen molar-refractivity contribution in [2.45, 2.75) is 13.1 Å². The van der Waals surface area contributed by atoms with Crippen molar-refractivity contribution >= 4 is 16.6 Å². The number of nitrogens with one attached hydrogen (secondary N) is 1. The summed E-state index contributed by atoms with van der Waals surface area (Å²) in [6.07, 6.45) is 1.84. The van der Waals surface area contributed by atoms with Gasteiger partial charge in [-0.05, 0) is 22.6 Å². The molecule has 0 amide bonds. The van der Waals surface area contributed by atoms with Crippen molar-refractivity contribution < 1.29 is 0 Å². The van der Waals surface area contributed by atoms with Crippen molar-refractivity contribution in [3.05, 3.63) is 71.9 Å². The molecule has 0 radical (unpaired) electrons. The van der Waals surface area contributed by atoms with Crippen molar-refractivity contribution in [3.63, 3.8) is 0 Å². The minimum atomic E-state index is 0.582. The second-order valence-corrected chi connectivity index (χ2v) is 4.75. The molecule has 0 atom stereocenters. The molecule has 100 valence electrons. The van der Waals surface area contributed by atoms with Crippen molar-refractivity contribution in [1.29, 1.82) is 0 Å². The molecule has 0 aliphatic rings. The van der Waals surface area contributed by atoms with Gasteiger partial charge in [-0.3, -0.25) is 0 Å². The molecule has 0 fully saturated rings. The normalized spacial score (nSPS) is 10.7. The van der Waals surface area contributed by atoms with Gasteiger partial charge in [0.1, 0.15) is 5.82 Å². The summed E-state index contributed by atoms with van der Waals surface area (Å²) >= 11 is 0. The predicted molar refractivity (Wildman–Crippen MR) is 83.4 cm³/mol. The predicted octanol–water partition coefficient (Wildman–Crippen LogP) is 3.31. The van der Waals surface area contributed by atoms with Crippen LogP contribution in [0.15, 0.2) is 60.8 Å². The SMILES string of the molecule is NCc1ccc(CNc2nccc3ccccc23)cc1. The number of anilines is 1. The summed E-state index contributed by atoms with van der Waals surface area (Å²) < 4.78 is 0. The second-order valence-electron chi connectivity index (χ2n) is 4.75. The number of benzene rings is 2. The van der Waals surface area contributed by atoms with E-state index >= 15 is 0 Å². The molecule has 3 heteroatoms. The molecule has 0 spiro atoms. The van der Waals surface area contributed by atoms with E-state index in [9.17, 15) is 0 Å². The summed E-state index contributed by atoms with van der Waals surface area (Å²) in [5, 5.41) is 5.74. The lowest BCUT2D eigenvalue weighted by atomic mass is 10.1. The smallest absolute Gasteiger partial charge is 0.134 e. The van der Waals surface area contributed by atoms with Gasteiger partial charge >= 0.3 is 0 Å². The van der Waals surface area contributed by atoms with Crippen molar-refractivity contribution in [2.75, 3.05) is 5.32 Å². The zero-order valence-electron chi connectivity index (χ0n) is 11.2. The molecule has 3 N–H and O–H groups in total. The average molecular weight is 263 g/mol. The number of pyridine rings is 1. The first kappa shape index (κ1) is 12.6. The van der Waals surface area contributed by atoms with E-state index in [2.05, 4.69) is 46.7 Å². The molecule has 3 aromatic rings. The zero-order valence-corrected chi connectivity index (χ0v) is 11.2. The van der Waals surface area contributed by atoms with Crippen LogP contribution in [-0.4, -0.2) is 4.98 Å². The van der Waals surface area contributed by atoms with Crippen LogP contribution in [0.1, 0.15) is 11.1 Å². The number of hydrogen-bond acceptors (Lipinski definition) is 3. The summed E-state index contributed by atoms with van der Waals surface area (Å²) in [7, 11) is 0. The fourth-order valence-electron chi connectivity index (χ4n) is 2.24. The molecule has 0 saturated carbocycles. The van der Waals surface area contributed by atoms with Gasteiger partial charge in [0.25, 0.3) is 0 Å². The first-order chi connectivity index (χ1) is 9.86. The molecule has 0 saturated heterocycles. The van der Waals surface area contributed by atoms with Gasteiger partial charge in [-0.1, -0.05) is 48.5 Å². The van der Waals surface area contributed by atoms with E-state index in [1.165, 1.54) is 10.9 Å². The third kappa shape index (κ3) is 2.63. The standard InChI is InChI=1S/C17H17N3/c18-11-13-5-7-14(8-6-13)12-20-17-16-4-2-1-3-15(16)9-10-19-17/h1-10H,11-12,18H2,(H,19,20). The molecule has 0 bridgehead atoms. The Morgan fingerprint density at radius 3 is 2.45 bits per heavy atom. The highest BCUT2D eigenvalue weighted by Gasteiger charge is 2.01. The second kappa shape index (κ2) is 5.72. The van der Waals surface area contributed by atoms with Crippen LogP contribution in [0.3, 0.4) is 0 Å². The van der Waals surface area contributed by atoms with E-state index in [0.29, 0.717) is 6.54 Å². The number of aromatic nitrogens is 1. The number of rotatable bonds is 4. The summed E-state index contributed by atoms with van der Waals surface area (Å²) in [6.45, 7) is 1.34. The zero-order chi connectivity index (χ0) is 13.8. The highest BCUT2D eigenvalue weighted by atomic mass is 15.0. The van der Waals surface area contributed by atoms with E-state index in [1.54, 1.807) is 0 Å². The Hall–Kier alpha value is -2.39. The molecule has 1 heterocycles. The quantitative estimate of drug-likeness (QED) is 0.759. The third-order valence-electron chi connectivity index (χ3n) is 3.39. The third-order valence-corrected chi connectivity index (χ3v) is 3.39. The highest BCUT2D eigenvalue weighted by molar-refractivity contribution is 5.91. The Labute approximate surface area is 118 Å². The van der Waals surface area contributed by atoms with E-state index in [0.717, 1.165) is 23.3 Å². The van der Waals surface area contributed by atoms with E-state index in [4.69, 9.17) is 5.73 Å². The fraction of sp³-hybridized carbons (Fsp3) is 0.118. The molecule has 20 heavy (non-hydrogen) atoms. The van der Waals surface area contributed by atoms with Crippen LogP contribution in [0.2, 0.25) is 0 Å². The minimum Gasteiger partial charge on any atom is -0.365 e. The lowest BCUT2D eigenvalue weighted by Gasteiger charge is -2.09. The van der Waals surface area contributed by atoms with Crippen LogP contribution in [0.5, 0.6) is 0 Å². The van der Waals surface area contributed by atoms with Gasteiger partial charge in [-0.25, -0.2) is 4.98 Å². The lowest BCUT2D eigenvalue weighted by molar-refractivity contribution is 1.06. The Kier molecular flexibility index (Phi) is 3.61. The van der Waals surface area contributed by atoms with Crippen LogP contribution in [0.4, 0.5) is 5.82 Å². The molecular weight excluding hydrogens is 246 g/mol. The first-order valence-electron chi connectivity index (χ1n) is 6.72. The van der Waals surface area contributed by atoms with Gasteiger partial charge < -0.3 is 11.1 Å². The van der Waals surface area contributed by atoms with Crippen molar-refractivity contribution in [2.24, 2.45) is 5.73 Å². The van der Waals surface area contributed by atoms with E-state index < -0.39 is 0 Å². The van der Waals surface area contributed by atoms with Crippen LogP contribution < -0.4 is 11.1 Å². The summed E-state index contributed by atoms with van der Waals surface area (Å²) in [5.41, 5.74) is 7.97. The van der Waals surface area contributed by atoms with Gasteiger partial charge in [0.15, 0.2) is 0 Å².